The monoisotopic (exact) mass is 334 g/mol. The molecule has 0 atom stereocenters. The number of nitrogens with one attached hydrogen (secondary N) is 1. The Bertz CT molecular complexity index is 629. The van der Waals surface area contributed by atoms with Gasteiger partial charge in [-0.2, -0.15) is 0 Å². The summed E-state index contributed by atoms with van der Waals surface area (Å²) in [4.78, 5) is 12.0. The molecule has 0 aliphatic heterocycles. The van der Waals surface area contributed by atoms with Gasteiger partial charge in [-0.1, -0.05) is 40.2 Å². The van der Waals surface area contributed by atoms with E-state index < -0.39 is 0 Å². The van der Waals surface area contributed by atoms with Gasteiger partial charge >= 0.3 is 0 Å². The molecular weight excluding hydrogens is 320 g/mol. The number of carbonyl (C=O) groups excluding carboxylic acids is 1. The van der Waals surface area contributed by atoms with Gasteiger partial charge in [-0.3, -0.25) is 4.79 Å². The van der Waals surface area contributed by atoms with Crippen molar-refractivity contribution in [2.45, 2.75) is 13.0 Å². The minimum absolute atomic E-state index is 0.0358. The fourth-order valence-corrected chi connectivity index (χ4v) is 2.27. The number of nitrogens with two attached hydrogens (primary N) is 1. The number of phenolic OH excluding ortho intramolecular Hbond substituents is 1. The normalized spacial score (nSPS) is 10.3. The number of benzene rings is 2. The Morgan fingerprint density at radius 3 is 2.60 bits per heavy atom. The number of halogens is 1. The molecule has 0 heterocycles. The predicted octanol–water partition coefficient (Wildman–Crippen LogP) is 2.79. The zero-order valence-corrected chi connectivity index (χ0v) is 12.4. The zero-order chi connectivity index (χ0) is 14.5. The van der Waals surface area contributed by atoms with E-state index in [1.165, 1.54) is 6.07 Å². The van der Waals surface area contributed by atoms with Crippen LogP contribution in [-0.2, 0) is 17.8 Å². The highest BCUT2D eigenvalue weighted by atomic mass is 79.9. The van der Waals surface area contributed by atoms with E-state index >= 15 is 0 Å². The summed E-state index contributed by atoms with van der Waals surface area (Å²) in [5, 5.41) is 12.4. The van der Waals surface area contributed by atoms with Crippen molar-refractivity contribution >= 4 is 27.5 Å². The smallest absolute Gasteiger partial charge is 0.228 e. The number of carbonyl (C=O) groups is 1. The van der Waals surface area contributed by atoms with Crippen molar-refractivity contribution in [2.24, 2.45) is 5.73 Å². The van der Waals surface area contributed by atoms with E-state index in [0.717, 1.165) is 15.6 Å². The lowest BCUT2D eigenvalue weighted by Crippen LogP contribution is -2.16. The highest BCUT2D eigenvalue weighted by Gasteiger charge is 2.10. The average molecular weight is 335 g/mol. The molecule has 0 bridgehead atoms. The van der Waals surface area contributed by atoms with Crippen molar-refractivity contribution in [3.05, 3.63) is 58.1 Å². The molecule has 20 heavy (non-hydrogen) atoms. The maximum atomic E-state index is 12.0. The van der Waals surface area contributed by atoms with Crippen LogP contribution in [0.1, 0.15) is 11.1 Å². The summed E-state index contributed by atoms with van der Waals surface area (Å²) >= 11 is 3.30. The van der Waals surface area contributed by atoms with E-state index in [9.17, 15) is 9.90 Å². The van der Waals surface area contributed by atoms with Crippen LogP contribution in [0.25, 0.3) is 0 Å². The van der Waals surface area contributed by atoms with Crippen molar-refractivity contribution in [3.63, 3.8) is 0 Å². The number of anilines is 1. The topological polar surface area (TPSA) is 75.4 Å². The van der Waals surface area contributed by atoms with Crippen molar-refractivity contribution < 1.29 is 9.90 Å². The molecule has 2 aromatic rings. The van der Waals surface area contributed by atoms with Crippen LogP contribution in [0.15, 0.2) is 46.9 Å². The summed E-state index contributed by atoms with van der Waals surface area (Å²) < 4.78 is 0.785. The van der Waals surface area contributed by atoms with Crippen LogP contribution in [-0.4, -0.2) is 11.0 Å². The Morgan fingerprint density at radius 1 is 1.20 bits per heavy atom. The Balaban J connectivity index is 2.11. The predicted molar refractivity (Wildman–Crippen MR) is 82.5 cm³/mol. The molecule has 104 valence electrons. The first-order valence-corrected chi connectivity index (χ1v) is 6.94. The SMILES string of the molecule is NCc1ccccc1CC(=O)Nc1cc(Br)ccc1O. The third-order valence-electron chi connectivity index (χ3n) is 2.92. The molecule has 0 aliphatic rings. The van der Waals surface area contributed by atoms with Crippen LogP contribution in [0.5, 0.6) is 5.75 Å². The van der Waals surface area contributed by atoms with Gasteiger partial charge in [0.25, 0.3) is 0 Å². The minimum atomic E-state index is -0.195. The molecule has 1 amide bonds. The lowest BCUT2D eigenvalue weighted by Gasteiger charge is -2.10. The Morgan fingerprint density at radius 2 is 1.90 bits per heavy atom. The molecule has 0 saturated heterocycles. The lowest BCUT2D eigenvalue weighted by molar-refractivity contribution is -0.115. The van der Waals surface area contributed by atoms with Gasteiger partial charge in [0.05, 0.1) is 12.1 Å². The second-order valence-corrected chi connectivity index (χ2v) is 5.27. The molecule has 0 fully saturated rings. The van der Waals surface area contributed by atoms with Crippen molar-refractivity contribution in [3.8, 4) is 5.75 Å². The van der Waals surface area contributed by atoms with E-state index in [1.54, 1.807) is 12.1 Å². The van der Waals surface area contributed by atoms with Gasteiger partial charge in [-0.05, 0) is 29.3 Å². The molecule has 0 aliphatic carbocycles. The van der Waals surface area contributed by atoms with E-state index in [1.807, 2.05) is 24.3 Å². The van der Waals surface area contributed by atoms with Crippen LogP contribution in [0.3, 0.4) is 0 Å². The minimum Gasteiger partial charge on any atom is -0.506 e. The van der Waals surface area contributed by atoms with Gasteiger partial charge in [0.2, 0.25) is 5.91 Å². The first-order chi connectivity index (χ1) is 9.60. The second-order valence-electron chi connectivity index (χ2n) is 4.36. The largest absolute Gasteiger partial charge is 0.506 e. The summed E-state index contributed by atoms with van der Waals surface area (Å²) in [7, 11) is 0. The molecule has 0 saturated carbocycles. The fraction of sp³-hybridized carbons (Fsp3) is 0.133. The second kappa shape index (κ2) is 6.54. The fourth-order valence-electron chi connectivity index (χ4n) is 1.90. The molecule has 2 rings (SSSR count). The standard InChI is InChI=1S/C15H15BrN2O2/c16-12-5-6-14(19)13(8-12)18-15(20)7-10-3-1-2-4-11(10)9-17/h1-6,8,19H,7,9,17H2,(H,18,20). The maximum absolute atomic E-state index is 12.0. The Labute approximate surface area is 125 Å². The molecule has 4 nitrogen and oxygen atoms in total. The van der Waals surface area contributed by atoms with Gasteiger partial charge in [0.15, 0.2) is 0 Å². The summed E-state index contributed by atoms with van der Waals surface area (Å²) in [6, 6.07) is 12.4. The maximum Gasteiger partial charge on any atom is 0.228 e. The van der Waals surface area contributed by atoms with E-state index in [2.05, 4.69) is 21.2 Å². The van der Waals surface area contributed by atoms with Crippen molar-refractivity contribution in [1.82, 2.24) is 0 Å². The first kappa shape index (κ1) is 14.6. The van der Waals surface area contributed by atoms with Crippen LogP contribution in [0.2, 0.25) is 0 Å². The summed E-state index contributed by atoms with van der Waals surface area (Å²) in [6.07, 6.45) is 0.222. The number of phenols is 1. The molecule has 0 unspecified atom stereocenters. The Hall–Kier alpha value is -1.85. The summed E-state index contributed by atoms with van der Waals surface area (Å²) in [5.41, 5.74) is 7.87. The first-order valence-electron chi connectivity index (χ1n) is 6.15. The highest BCUT2D eigenvalue weighted by molar-refractivity contribution is 9.10. The van der Waals surface area contributed by atoms with Crippen molar-refractivity contribution in [2.75, 3.05) is 5.32 Å². The zero-order valence-electron chi connectivity index (χ0n) is 10.8. The number of aromatic hydroxyl groups is 1. The third kappa shape index (κ3) is 3.59. The van der Waals surface area contributed by atoms with Crippen molar-refractivity contribution in [1.29, 1.82) is 0 Å². The van der Waals surface area contributed by atoms with Gasteiger partial charge in [0, 0.05) is 11.0 Å². The number of rotatable bonds is 4. The quantitative estimate of drug-likeness (QED) is 0.752. The van der Waals surface area contributed by atoms with Gasteiger partial charge in [0.1, 0.15) is 5.75 Å². The van der Waals surface area contributed by atoms with Gasteiger partial charge in [-0.25, -0.2) is 0 Å². The third-order valence-corrected chi connectivity index (χ3v) is 3.42. The van der Waals surface area contributed by atoms with Gasteiger partial charge < -0.3 is 16.2 Å². The number of amides is 1. The van der Waals surface area contributed by atoms with Crippen LogP contribution in [0.4, 0.5) is 5.69 Å². The number of hydrogen-bond donors (Lipinski definition) is 3. The van der Waals surface area contributed by atoms with E-state index in [0.29, 0.717) is 12.2 Å². The van der Waals surface area contributed by atoms with E-state index in [4.69, 9.17) is 5.73 Å². The highest BCUT2D eigenvalue weighted by Crippen LogP contribution is 2.26. The van der Waals surface area contributed by atoms with Crippen LogP contribution < -0.4 is 11.1 Å². The Kier molecular flexibility index (Phi) is 4.76. The molecule has 0 radical (unpaired) electrons. The molecule has 0 spiro atoms. The summed E-state index contributed by atoms with van der Waals surface area (Å²) in [5.74, 6) is -0.159. The van der Waals surface area contributed by atoms with Crippen LogP contribution >= 0.6 is 15.9 Å². The molecular formula is C15H15BrN2O2. The molecule has 4 N–H and O–H groups in total. The molecule has 2 aromatic carbocycles. The average Bonchev–Trinajstić information content (AvgIpc) is 2.43. The summed E-state index contributed by atoms with van der Waals surface area (Å²) in [6.45, 7) is 0.394. The lowest BCUT2D eigenvalue weighted by atomic mass is 10.0. The number of hydrogen-bond acceptors (Lipinski definition) is 3. The van der Waals surface area contributed by atoms with Gasteiger partial charge in [-0.15, -0.1) is 0 Å². The molecule has 5 heteroatoms. The van der Waals surface area contributed by atoms with E-state index in [-0.39, 0.29) is 18.1 Å². The van der Waals surface area contributed by atoms with Crippen LogP contribution in [0, 0.1) is 0 Å². The molecule has 0 aromatic heterocycles.